The van der Waals surface area contributed by atoms with Gasteiger partial charge in [-0.2, -0.15) is 26.3 Å². The Morgan fingerprint density at radius 2 is 1.48 bits per heavy atom. The lowest BCUT2D eigenvalue weighted by Gasteiger charge is -2.12. The fourth-order valence-electron chi connectivity index (χ4n) is 1.82. The van der Waals surface area contributed by atoms with Crippen molar-refractivity contribution in [1.29, 1.82) is 0 Å². The molecule has 0 radical (unpaired) electrons. The van der Waals surface area contributed by atoms with E-state index in [0.717, 1.165) is 24.3 Å². The number of nitrogens with zero attached hydrogens (tertiary/aromatic N) is 1. The van der Waals surface area contributed by atoms with Gasteiger partial charge in [-0.15, -0.1) is 0 Å². The van der Waals surface area contributed by atoms with Gasteiger partial charge < -0.3 is 0 Å². The summed E-state index contributed by atoms with van der Waals surface area (Å²) in [5.41, 5.74) is -4.28. The van der Waals surface area contributed by atoms with Gasteiger partial charge in [0.25, 0.3) is 5.69 Å². The third-order valence-electron chi connectivity index (χ3n) is 2.86. The van der Waals surface area contributed by atoms with E-state index in [-0.39, 0.29) is 5.56 Å². The van der Waals surface area contributed by atoms with E-state index in [1.807, 2.05) is 0 Å². The van der Waals surface area contributed by atoms with Crippen molar-refractivity contribution in [2.45, 2.75) is 12.4 Å². The van der Waals surface area contributed by atoms with Crippen LogP contribution in [0.1, 0.15) is 11.1 Å². The lowest BCUT2D eigenvalue weighted by atomic mass is 9.98. The lowest BCUT2D eigenvalue weighted by Crippen LogP contribution is -2.10. The van der Waals surface area contributed by atoms with E-state index in [2.05, 4.69) is 0 Å². The zero-order valence-electron chi connectivity index (χ0n) is 10.9. The molecule has 0 aromatic heterocycles. The fourth-order valence-corrected chi connectivity index (χ4v) is 1.82. The largest absolute Gasteiger partial charge is 0.424 e. The van der Waals surface area contributed by atoms with Crippen LogP contribution in [0.3, 0.4) is 0 Å². The molecule has 0 amide bonds. The Bertz CT molecular complexity index is 734. The molecule has 2 aromatic rings. The summed E-state index contributed by atoms with van der Waals surface area (Å²) in [5.74, 6) is 0. The van der Waals surface area contributed by atoms with Gasteiger partial charge in [-0.05, 0) is 23.8 Å². The maximum absolute atomic E-state index is 12.9. The first kappa shape index (κ1) is 16.6. The lowest BCUT2D eigenvalue weighted by molar-refractivity contribution is -0.384. The highest BCUT2D eigenvalue weighted by atomic mass is 19.4. The van der Waals surface area contributed by atoms with Crippen molar-refractivity contribution in [1.82, 2.24) is 0 Å². The molecule has 23 heavy (non-hydrogen) atoms. The molecule has 2 rings (SSSR count). The summed E-state index contributed by atoms with van der Waals surface area (Å²) in [7, 11) is 0. The van der Waals surface area contributed by atoms with Gasteiger partial charge in [0.05, 0.1) is 4.92 Å². The summed E-state index contributed by atoms with van der Waals surface area (Å²) >= 11 is 0. The highest BCUT2D eigenvalue weighted by Gasteiger charge is 2.37. The van der Waals surface area contributed by atoms with Gasteiger partial charge in [0, 0.05) is 17.7 Å². The number of nitro groups is 1. The molecule has 0 saturated carbocycles. The van der Waals surface area contributed by atoms with Crippen LogP contribution in [0.25, 0.3) is 11.1 Å². The number of hydrogen-bond donors (Lipinski definition) is 0. The minimum absolute atomic E-state index is 0.251. The highest BCUT2D eigenvalue weighted by molar-refractivity contribution is 5.69. The molecule has 0 saturated heterocycles. The summed E-state index contributed by atoms with van der Waals surface area (Å²) in [5, 5.41) is 10.5. The average molecular weight is 333 g/mol. The molecule has 0 aliphatic heterocycles. The first-order valence-electron chi connectivity index (χ1n) is 5.87. The molecule has 0 aliphatic carbocycles. The quantitative estimate of drug-likeness (QED) is 0.446. The molecular weight excluding hydrogens is 328 g/mol. The van der Waals surface area contributed by atoms with Crippen LogP contribution in [0.15, 0.2) is 30.3 Å². The van der Waals surface area contributed by atoms with E-state index >= 15 is 0 Å². The van der Waals surface area contributed by atoms with Crippen molar-refractivity contribution >= 4 is 5.69 Å². The third kappa shape index (κ3) is 3.53. The molecule has 0 heterocycles. The van der Waals surface area contributed by atoms with Crippen molar-refractivity contribution in [2.75, 3.05) is 0 Å². The number of alkyl halides is 6. The van der Waals surface area contributed by atoms with Gasteiger partial charge in [0.1, 0.15) is 11.1 Å². The number of hydrogen-bond acceptors (Lipinski definition) is 2. The van der Waals surface area contributed by atoms with E-state index in [1.165, 1.54) is 12.1 Å². The summed E-state index contributed by atoms with van der Waals surface area (Å²) in [6, 6.07) is 6.91. The second-order valence-corrected chi connectivity index (χ2v) is 4.40. The zero-order valence-corrected chi connectivity index (χ0v) is 10.9. The molecule has 0 atom stereocenters. The molecule has 0 unspecified atom stereocenters. The van der Waals surface area contributed by atoms with Gasteiger partial charge in [0.2, 0.25) is 0 Å². The van der Waals surface area contributed by atoms with Crippen molar-refractivity contribution in [3.63, 3.8) is 0 Å². The van der Waals surface area contributed by atoms with Crippen LogP contribution in [-0.4, -0.2) is 4.92 Å². The second kappa shape index (κ2) is 5.46. The van der Waals surface area contributed by atoms with Crippen molar-refractivity contribution < 1.29 is 31.3 Å². The molecule has 2 aromatic carbocycles. The molecule has 0 aliphatic rings. The summed E-state index contributed by atoms with van der Waals surface area (Å²) in [6.45, 7) is 0. The van der Waals surface area contributed by atoms with E-state index < -0.39 is 39.7 Å². The van der Waals surface area contributed by atoms with Gasteiger partial charge in [-0.3, -0.25) is 10.1 Å². The number of benzene rings is 1. The standard InChI is InChI=1S/C14H5F6NO2/c15-13(16,17)9-3-6-12(14(18,19)20)11(7-9)8-1-4-10(5-2-8)21(22)23/h1-2,4-5,7H. The SMILES string of the molecule is O=[N+]([O-])c1ccc(-c2cc(C(F)(F)F)c#cc2C(F)(F)F)cc1. The van der Waals surface area contributed by atoms with Crippen LogP contribution >= 0.6 is 0 Å². The van der Waals surface area contributed by atoms with E-state index in [4.69, 9.17) is 0 Å². The van der Waals surface area contributed by atoms with Gasteiger partial charge in [0.15, 0.2) is 0 Å². The van der Waals surface area contributed by atoms with Crippen LogP contribution in [0, 0.1) is 22.2 Å². The van der Waals surface area contributed by atoms with E-state index in [0.29, 0.717) is 6.07 Å². The Hall–Kier alpha value is -2.76. The Labute approximate surface area is 125 Å². The molecule has 9 heteroatoms. The van der Waals surface area contributed by atoms with Crippen LogP contribution < -0.4 is 0 Å². The minimum Gasteiger partial charge on any atom is -0.258 e. The normalized spacial score (nSPS) is 11.9. The topological polar surface area (TPSA) is 43.1 Å². The zero-order chi connectivity index (χ0) is 17.4. The van der Waals surface area contributed by atoms with Crippen molar-refractivity contribution in [3.8, 4) is 11.1 Å². The molecule has 0 fully saturated rings. The summed E-state index contributed by atoms with van der Waals surface area (Å²) in [4.78, 5) is 9.75. The highest BCUT2D eigenvalue weighted by Crippen LogP contribution is 2.39. The molecule has 3 nitrogen and oxygen atoms in total. The predicted octanol–water partition coefficient (Wildman–Crippen LogP) is 4.90. The second-order valence-electron chi connectivity index (χ2n) is 4.40. The monoisotopic (exact) mass is 333 g/mol. The molecule has 0 spiro atoms. The van der Waals surface area contributed by atoms with E-state index in [9.17, 15) is 36.5 Å². The summed E-state index contributed by atoms with van der Waals surface area (Å²) in [6.07, 6.45) is -9.84. The average Bonchev–Trinajstić information content (AvgIpc) is 2.45. The molecule has 0 bridgehead atoms. The van der Waals surface area contributed by atoms with Crippen LogP contribution in [0.2, 0.25) is 0 Å². The minimum atomic E-state index is -4.95. The third-order valence-corrected chi connectivity index (χ3v) is 2.86. The first-order valence-corrected chi connectivity index (χ1v) is 5.87. The molecular formula is C14H5F6NO2. The fraction of sp³-hybridized carbons (Fsp3) is 0.143. The van der Waals surface area contributed by atoms with Crippen molar-refractivity contribution in [3.05, 3.63) is 63.7 Å². The molecule has 0 N–H and O–H groups in total. The number of nitro benzene ring substituents is 1. The number of non-ortho nitro benzene ring substituents is 1. The smallest absolute Gasteiger partial charge is 0.258 e. The predicted molar refractivity (Wildman–Crippen MR) is 66.2 cm³/mol. The Morgan fingerprint density at radius 3 is 1.91 bits per heavy atom. The Kier molecular flexibility index (Phi) is 3.94. The number of halogens is 6. The van der Waals surface area contributed by atoms with Gasteiger partial charge in [-0.1, -0.05) is 12.1 Å². The van der Waals surface area contributed by atoms with Crippen molar-refractivity contribution in [2.24, 2.45) is 0 Å². The maximum Gasteiger partial charge on any atom is 0.424 e. The number of rotatable bonds is 2. The van der Waals surface area contributed by atoms with Crippen LogP contribution in [-0.2, 0) is 12.4 Å². The van der Waals surface area contributed by atoms with Gasteiger partial charge >= 0.3 is 12.4 Å². The molecule has 120 valence electrons. The van der Waals surface area contributed by atoms with Crippen LogP contribution in [0.4, 0.5) is 32.0 Å². The first-order chi connectivity index (χ1) is 10.5. The maximum atomic E-state index is 12.9. The van der Waals surface area contributed by atoms with E-state index in [1.54, 1.807) is 0 Å². The van der Waals surface area contributed by atoms with Crippen LogP contribution in [0.5, 0.6) is 0 Å². The summed E-state index contributed by atoms with van der Waals surface area (Å²) < 4.78 is 76.8. The Balaban J connectivity index is 2.64. The Morgan fingerprint density at radius 1 is 0.913 bits per heavy atom. The van der Waals surface area contributed by atoms with Gasteiger partial charge in [-0.25, -0.2) is 0 Å².